The van der Waals surface area contributed by atoms with Gasteiger partial charge in [0.1, 0.15) is 0 Å². The minimum Gasteiger partial charge on any atom is -0.349 e. The van der Waals surface area contributed by atoms with Gasteiger partial charge in [-0.2, -0.15) is 0 Å². The van der Waals surface area contributed by atoms with Crippen LogP contribution in [0.25, 0.3) is 0 Å². The van der Waals surface area contributed by atoms with Crippen LogP contribution < -0.4 is 5.32 Å². The Bertz CT molecular complexity index is 675. The molecule has 7 heteroatoms. The van der Waals surface area contributed by atoms with Crippen molar-refractivity contribution in [1.82, 2.24) is 5.32 Å². The van der Waals surface area contributed by atoms with Gasteiger partial charge in [-0.25, -0.2) is 8.42 Å². The number of rotatable bonds is 3. The van der Waals surface area contributed by atoms with Crippen LogP contribution in [0.5, 0.6) is 0 Å². The van der Waals surface area contributed by atoms with Gasteiger partial charge < -0.3 is 5.32 Å². The van der Waals surface area contributed by atoms with Crippen LogP contribution in [0, 0.1) is 12.8 Å². The van der Waals surface area contributed by atoms with Crippen LogP contribution in [0.4, 0.5) is 0 Å². The van der Waals surface area contributed by atoms with E-state index in [9.17, 15) is 13.2 Å². The van der Waals surface area contributed by atoms with Gasteiger partial charge in [0.2, 0.25) is 0 Å². The van der Waals surface area contributed by atoms with Crippen molar-refractivity contribution in [3.63, 3.8) is 0 Å². The van der Waals surface area contributed by atoms with Gasteiger partial charge >= 0.3 is 0 Å². The van der Waals surface area contributed by atoms with Crippen molar-refractivity contribution < 1.29 is 13.2 Å². The number of halogens is 2. The molecule has 0 heterocycles. The van der Waals surface area contributed by atoms with E-state index >= 15 is 0 Å². The number of carbonyl (C=O) groups excluding carboxylic acids is 1. The van der Waals surface area contributed by atoms with Gasteiger partial charge in [0.15, 0.2) is 0 Å². The molecule has 0 spiro atoms. The first-order valence-electron chi connectivity index (χ1n) is 6.74. The molecule has 2 unspecified atom stereocenters. The minimum absolute atomic E-state index is 0.0384. The highest BCUT2D eigenvalue weighted by molar-refractivity contribution is 9.10. The van der Waals surface area contributed by atoms with E-state index in [1.54, 1.807) is 13.0 Å². The Kier molecular flexibility index (Phi) is 5.00. The lowest BCUT2D eigenvalue weighted by Gasteiger charge is -2.15. The molecule has 1 aliphatic carbocycles. The molecule has 1 amide bonds. The number of carbonyl (C=O) groups is 1. The van der Waals surface area contributed by atoms with E-state index in [0.717, 1.165) is 19.3 Å². The zero-order valence-electron chi connectivity index (χ0n) is 11.8. The topological polar surface area (TPSA) is 63.2 Å². The average molecular weight is 395 g/mol. The minimum atomic E-state index is -3.89. The Morgan fingerprint density at radius 2 is 2.05 bits per heavy atom. The van der Waals surface area contributed by atoms with E-state index in [0.29, 0.717) is 21.5 Å². The second-order valence-corrected chi connectivity index (χ2v) is 9.05. The quantitative estimate of drug-likeness (QED) is 0.797. The van der Waals surface area contributed by atoms with Crippen LogP contribution in [-0.4, -0.2) is 20.4 Å². The standard InChI is InChI=1S/C14H17BrClNO3S/c1-8-3-4-11(5-8)17-14(18)12-6-10(15)7-13(9(12)2)21(16,19)20/h6-8,11H,3-5H2,1-2H3,(H,17,18). The molecule has 0 bridgehead atoms. The third-order valence-electron chi connectivity index (χ3n) is 3.86. The number of benzene rings is 1. The van der Waals surface area contributed by atoms with Gasteiger partial charge in [0.05, 0.1) is 4.90 Å². The van der Waals surface area contributed by atoms with Gasteiger partial charge in [0.25, 0.3) is 15.0 Å². The lowest BCUT2D eigenvalue weighted by Crippen LogP contribution is -2.33. The molecule has 1 N–H and O–H groups in total. The fraction of sp³-hybridized carbons (Fsp3) is 0.500. The largest absolute Gasteiger partial charge is 0.349 e. The van der Waals surface area contributed by atoms with Gasteiger partial charge in [-0.1, -0.05) is 22.9 Å². The van der Waals surface area contributed by atoms with Crippen LogP contribution in [0.1, 0.15) is 42.1 Å². The molecule has 1 aromatic carbocycles. The number of nitrogens with one attached hydrogen (secondary N) is 1. The van der Waals surface area contributed by atoms with Crippen molar-refractivity contribution in [3.05, 3.63) is 27.7 Å². The van der Waals surface area contributed by atoms with Crippen molar-refractivity contribution in [2.24, 2.45) is 5.92 Å². The zero-order chi connectivity index (χ0) is 15.8. The Morgan fingerprint density at radius 1 is 1.38 bits per heavy atom. The summed E-state index contributed by atoms with van der Waals surface area (Å²) in [4.78, 5) is 12.4. The fourth-order valence-corrected chi connectivity index (χ4v) is 4.58. The van der Waals surface area contributed by atoms with Crippen LogP contribution >= 0.6 is 26.6 Å². The highest BCUT2D eigenvalue weighted by Crippen LogP contribution is 2.28. The predicted octanol–water partition coefficient (Wildman–Crippen LogP) is 3.60. The molecule has 0 aliphatic heterocycles. The number of hydrogen-bond acceptors (Lipinski definition) is 3. The maximum Gasteiger partial charge on any atom is 0.261 e. The Hall–Kier alpha value is -0.590. The summed E-state index contributed by atoms with van der Waals surface area (Å²) in [5, 5.41) is 2.97. The molecular weight excluding hydrogens is 378 g/mol. The smallest absolute Gasteiger partial charge is 0.261 e. The first kappa shape index (κ1) is 16.8. The molecule has 0 saturated heterocycles. The molecule has 1 aromatic rings. The van der Waals surface area contributed by atoms with Crippen LogP contribution in [-0.2, 0) is 9.05 Å². The SMILES string of the molecule is Cc1c(C(=O)NC2CCC(C)C2)cc(Br)cc1S(=O)(=O)Cl. The van der Waals surface area contributed by atoms with E-state index in [1.165, 1.54) is 6.07 Å². The van der Waals surface area contributed by atoms with Gasteiger partial charge in [-0.3, -0.25) is 4.79 Å². The van der Waals surface area contributed by atoms with E-state index < -0.39 is 9.05 Å². The lowest BCUT2D eigenvalue weighted by atomic mass is 10.1. The maximum atomic E-state index is 12.4. The fourth-order valence-electron chi connectivity index (χ4n) is 2.74. The third kappa shape index (κ3) is 3.99. The molecular formula is C14H17BrClNO3S. The molecule has 1 aliphatic rings. The molecule has 0 radical (unpaired) electrons. The number of hydrogen-bond donors (Lipinski definition) is 1. The molecule has 2 rings (SSSR count). The van der Waals surface area contributed by atoms with Gasteiger partial charge in [-0.05, 0) is 49.8 Å². The molecule has 0 aromatic heterocycles. The van der Waals surface area contributed by atoms with Crippen molar-refractivity contribution >= 4 is 41.6 Å². The summed E-state index contributed by atoms with van der Waals surface area (Å²) in [5.41, 5.74) is 0.708. The zero-order valence-corrected chi connectivity index (χ0v) is 15.0. The molecule has 4 nitrogen and oxygen atoms in total. The number of amides is 1. The monoisotopic (exact) mass is 393 g/mol. The molecule has 116 valence electrons. The normalized spacial score (nSPS) is 22.3. The van der Waals surface area contributed by atoms with Crippen molar-refractivity contribution in [3.8, 4) is 0 Å². The lowest BCUT2D eigenvalue weighted by molar-refractivity contribution is 0.0936. The summed E-state index contributed by atoms with van der Waals surface area (Å²) in [6, 6.07) is 3.18. The van der Waals surface area contributed by atoms with Crippen LogP contribution in [0.2, 0.25) is 0 Å². The Balaban J connectivity index is 2.31. The second kappa shape index (κ2) is 6.26. The Labute approximate surface area is 137 Å². The maximum absolute atomic E-state index is 12.4. The Morgan fingerprint density at radius 3 is 2.57 bits per heavy atom. The van der Waals surface area contributed by atoms with Crippen molar-refractivity contribution in [1.29, 1.82) is 0 Å². The average Bonchev–Trinajstić information content (AvgIpc) is 2.75. The van der Waals surface area contributed by atoms with E-state index in [2.05, 4.69) is 28.2 Å². The summed E-state index contributed by atoms with van der Waals surface area (Å²) in [6.45, 7) is 3.75. The summed E-state index contributed by atoms with van der Waals surface area (Å²) >= 11 is 3.23. The summed E-state index contributed by atoms with van der Waals surface area (Å²) in [5.74, 6) is 0.354. The molecule has 1 saturated carbocycles. The molecule has 1 fully saturated rings. The molecule has 21 heavy (non-hydrogen) atoms. The van der Waals surface area contributed by atoms with Gasteiger partial charge in [-0.15, -0.1) is 0 Å². The summed E-state index contributed by atoms with van der Waals surface area (Å²) in [6.07, 6.45) is 3.02. The van der Waals surface area contributed by atoms with Gasteiger partial charge in [0, 0.05) is 26.8 Å². The highest BCUT2D eigenvalue weighted by Gasteiger charge is 2.25. The third-order valence-corrected chi connectivity index (χ3v) is 5.77. The van der Waals surface area contributed by atoms with E-state index in [-0.39, 0.29) is 16.8 Å². The van der Waals surface area contributed by atoms with Crippen LogP contribution in [0.15, 0.2) is 21.5 Å². The second-order valence-electron chi connectivity index (χ2n) is 5.60. The molecule has 2 atom stereocenters. The first-order valence-corrected chi connectivity index (χ1v) is 9.84. The summed E-state index contributed by atoms with van der Waals surface area (Å²) < 4.78 is 23.7. The van der Waals surface area contributed by atoms with Crippen molar-refractivity contribution in [2.45, 2.75) is 44.0 Å². The van der Waals surface area contributed by atoms with Crippen molar-refractivity contribution in [2.75, 3.05) is 0 Å². The predicted molar refractivity (Wildman–Crippen MR) is 86.2 cm³/mol. The summed E-state index contributed by atoms with van der Waals surface area (Å²) in [7, 11) is 1.54. The first-order chi connectivity index (χ1) is 9.68. The van der Waals surface area contributed by atoms with Crippen LogP contribution in [0.3, 0.4) is 0 Å². The van der Waals surface area contributed by atoms with E-state index in [1.807, 2.05) is 0 Å². The highest BCUT2D eigenvalue weighted by atomic mass is 79.9. The van der Waals surface area contributed by atoms with E-state index in [4.69, 9.17) is 10.7 Å².